The lowest BCUT2D eigenvalue weighted by Gasteiger charge is -2.30. The van der Waals surface area contributed by atoms with Crippen molar-refractivity contribution in [2.45, 2.75) is 19.4 Å². The Kier molecular flexibility index (Phi) is 4.09. The van der Waals surface area contributed by atoms with Crippen molar-refractivity contribution in [3.05, 3.63) is 59.7 Å². The second-order valence-electron chi connectivity index (χ2n) is 5.68. The predicted octanol–water partition coefficient (Wildman–Crippen LogP) is 2.54. The first-order chi connectivity index (χ1) is 10.9. The van der Waals surface area contributed by atoms with Crippen LogP contribution in [0.3, 0.4) is 0 Å². The van der Waals surface area contributed by atoms with Gasteiger partial charge in [0.15, 0.2) is 0 Å². The molecule has 1 aliphatic heterocycles. The van der Waals surface area contributed by atoms with Gasteiger partial charge in [0.25, 0.3) is 0 Å². The molecule has 0 saturated heterocycles. The highest BCUT2D eigenvalue weighted by Gasteiger charge is 2.24. The number of nitrogens with zero attached hydrogens (tertiary/aromatic N) is 1. The third-order valence-electron chi connectivity index (χ3n) is 3.77. The van der Waals surface area contributed by atoms with Crippen LogP contribution in [0.1, 0.15) is 17.5 Å². The summed E-state index contributed by atoms with van der Waals surface area (Å²) in [7, 11) is -3.31. The summed E-state index contributed by atoms with van der Waals surface area (Å²) < 4.78 is 25.2. The van der Waals surface area contributed by atoms with Crippen molar-refractivity contribution in [3.8, 4) is 0 Å². The minimum Gasteiger partial charge on any atom is -0.308 e. The first-order valence-corrected chi connectivity index (χ1v) is 9.26. The SMILES string of the molecule is CS(=O)(=O)Nc1ccc2c(c1)CCC(=O)N2Cc1ccccc1. The Bertz CT molecular complexity index is 832. The molecule has 0 radical (unpaired) electrons. The van der Waals surface area contributed by atoms with Crippen LogP contribution in [0.15, 0.2) is 48.5 Å². The molecule has 1 N–H and O–H groups in total. The summed E-state index contributed by atoms with van der Waals surface area (Å²) in [6, 6.07) is 15.1. The number of nitrogens with one attached hydrogen (secondary N) is 1. The number of fused-ring (bicyclic) bond motifs is 1. The molecule has 0 saturated carbocycles. The van der Waals surface area contributed by atoms with E-state index in [9.17, 15) is 13.2 Å². The Balaban J connectivity index is 1.91. The van der Waals surface area contributed by atoms with Crippen LogP contribution >= 0.6 is 0 Å². The first-order valence-electron chi connectivity index (χ1n) is 7.37. The van der Waals surface area contributed by atoms with Gasteiger partial charge in [-0.1, -0.05) is 30.3 Å². The van der Waals surface area contributed by atoms with Crippen LogP contribution in [-0.2, 0) is 27.8 Å². The number of rotatable bonds is 4. The van der Waals surface area contributed by atoms with Gasteiger partial charge in [-0.3, -0.25) is 9.52 Å². The van der Waals surface area contributed by atoms with E-state index < -0.39 is 10.0 Å². The summed E-state index contributed by atoms with van der Waals surface area (Å²) in [4.78, 5) is 14.1. The van der Waals surface area contributed by atoms with Gasteiger partial charge < -0.3 is 4.90 Å². The van der Waals surface area contributed by atoms with Crippen LogP contribution in [0.2, 0.25) is 0 Å². The van der Waals surface area contributed by atoms with Gasteiger partial charge >= 0.3 is 0 Å². The van der Waals surface area contributed by atoms with Crippen molar-refractivity contribution in [2.24, 2.45) is 0 Å². The lowest BCUT2D eigenvalue weighted by molar-refractivity contribution is -0.119. The largest absolute Gasteiger partial charge is 0.308 e. The van der Waals surface area contributed by atoms with E-state index in [1.165, 1.54) is 0 Å². The van der Waals surface area contributed by atoms with E-state index in [-0.39, 0.29) is 5.91 Å². The quantitative estimate of drug-likeness (QED) is 0.937. The highest BCUT2D eigenvalue weighted by Crippen LogP contribution is 2.31. The average Bonchev–Trinajstić information content (AvgIpc) is 2.50. The van der Waals surface area contributed by atoms with Crippen molar-refractivity contribution in [3.63, 3.8) is 0 Å². The van der Waals surface area contributed by atoms with Gasteiger partial charge in [0.1, 0.15) is 0 Å². The van der Waals surface area contributed by atoms with E-state index in [2.05, 4.69) is 4.72 Å². The Morgan fingerprint density at radius 1 is 1.09 bits per heavy atom. The Labute approximate surface area is 136 Å². The van der Waals surface area contributed by atoms with Crippen molar-refractivity contribution in [1.29, 1.82) is 0 Å². The summed E-state index contributed by atoms with van der Waals surface area (Å²) in [6.45, 7) is 0.519. The van der Waals surface area contributed by atoms with Crippen LogP contribution in [0.4, 0.5) is 11.4 Å². The predicted molar refractivity (Wildman–Crippen MR) is 90.9 cm³/mol. The van der Waals surface area contributed by atoms with Gasteiger partial charge in [0.05, 0.1) is 12.8 Å². The normalized spacial score (nSPS) is 14.5. The number of carbonyl (C=O) groups excluding carboxylic acids is 1. The molecule has 120 valence electrons. The zero-order valence-electron chi connectivity index (χ0n) is 12.8. The van der Waals surface area contributed by atoms with Gasteiger partial charge in [-0.25, -0.2) is 8.42 Å². The third kappa shape index (κ3) is 3.71. The van der Waals surface area contributed by atoms with E-state index in [1.807, 2.05) is 36.4 Å². The summed E-state index contributed by atoms with van der Waals surface area (Å²) in [6.07, 6.45) is 2.18. The molecule has 1 heterocycles. The number of amides is 1. The van der Waals surface area contributed by atoms with Crippen molar-refractivity contribution in [1.82, 2.24) is 0 Å². The summed E-state index contributed by atoms with van der Waals surface area (Å²) in [5.74, 6) is 0.0881. The molecule has 1 aliphatic rings. The maximum Gasteiger partial charge on any atom is 0.229 e. The molecule has 2 aromatic rings. The van der Waals surface area contributed by atoms with Crippen LogP contribution < -0.4 is 9.62 Å². The molecule has 6 heteroatoms. The molecule has 23 heavy (non-hydrogen) atoms. The minimum absolute atomic E-state index is 0.0881. The van der Waals surface area contributed by atoms with Crippen LogP contribution in [0.25, 0.3) is 0 Å². The number of carbonyl (C=O) groups is 1. The highest BCUT2D eigenvalue weighted by atomic mass is 32.2. The van der Waals surface area contributed by atoms with Crippen LogP contribution in [0, 0.1) is 0 Å². The second-order valence-corrected chi connectivity index (χ2v) is 7.43. The van der Waals surface area contributed by atoms with E-state index in [1.54, 1.807) is 17.0 Å². The van der Waals surface area contributed by atoms with Gasteiger partial charge in [-0.15, -0.1) is 0 Å². The fraction of sp³-hybridized carbons (Fsp3) is 0.235. The number of sulfonamides is 1. The lowest BCUT2D eigenvalue weighted by atomic mass is 10.00. The summed E-state index contributed by atoms with van der Waals surface area (Å²) >= 11 is 0. The molecule has 2 aromatic carbocycles. The smallest absolute Gasteiger partial charge is 0.229 e. The molecule has 5 nitrogen and oxygen atoms in total. The highest BCUT2D eigenvalue weighted by molar-refractivity contribution is 7.92. The van der Waals surface area contributed by atoms with E-state index >= 15 is 0 Å². The zero-order valence-corrected chi connectivity index (χ0v) is 13.6. The summed E-state index contributed by atoms with van der Waals surface area (Å²) in [5, 5.41) is 0. The topological polar surface area (TPSA) is 66.5 Å². The number of hydrogen-bond donors (Lipinski definition) is 1. The molecule has 0 aromatic heterocycles. The van der Waals surface area contributed by atoms with Crippen molar-refractivity contribution in [2.75, 3.05) is 15.9 Å². The standard InChI is InChI=1S/C17H18N2O3S/c1-23(21,22)18-15-8-9-16-14(11-15)7-10-17(20)19(16)12-13-5-3-2-4-6-13/h2-6,8-9,11,18H,7,10,12H2,1H3. The van der Waals surface area contributed by atoms with E-state index in [0.717, 1.165) is 23.1 Å². The monoisotopic (exact) mass is 330 g/mol. The lowest BCUT2D eigenvalue weighted by Crippen LogP contribution is -2.34. The molecular formula is C17H18N2O3S. The minimum atomic E-state index is -3.31. The number of aryl methyl sites for hydroxylation is 1. The molecule has 0 spiro atoms. The average molecular weight is 330 g/mol. The molecule has 0 fully saturated rings. The van der Waals surface area contributed by atoms with Gasteiger partial charge in [0, 0.05) is 17.8 Å². The van der Waals surface area contributed by atoms with E-state index in [4.69, 9.17) is 0 Å². The Morgan fingerprint density at radius 3 is 2.52 bits per heavy atom. The number of benzene rings is 2. The van der Waals surface area contributed by atoms with Crippen LogP contribution in [0.5, 0.6) is 0 Å². The van der Waals surface area contributed by atoms with Crippen molar-refractivity contribution >= 4 is 27.3 Å². The third-order valence-corrected chi connectivity index (χ3v) is 4.37. The van der Waals surface area contributed by atoms with Crippen LogP contribution in [-0.4, -0.2) is 20.6 Å². The maximum absolute atomic E-state index is 12.3. The number of anilines is 2. The van der Waals surface area contributed by atoms with Gasteiger partial charge in [-0.05, 0) is 35.7 Å². The molecule has 0 bridgehead atoms. The number of hydrogen-bond acceptors (Lipinski definition) is 3. The van der Waals surface area contributed by atoms with E-state index in [0.29, 0.717) is 25.1 Å². The molecular weight excluding hydrogens is 312 g/mol. The Hall–Kier alpha value is -2.34. The fourth-order valence-electron chi connectivity index (χ4n) is 2.78. The second kappa shape index (κ2) is 6.04. The molecule has 3 rings (SSSR count). The van der Waals surface area contributed by atoms with Crippen molar-refractivity contribution < 1.29 is 13.2 Å². The molecule has 0 unspecified atom stereocenters. The first kappa shape index (κ1) is 15.6. The molecule has 0 aliphatic carbocycles. The maximum atomic E-state index is 12.3. The zero-order chi connectivity index (χ0) is 16.4. The fourth-order valence-corrected chi connectivity index (χ4v) is 3.33. The van der Waals surface area contributed by atoms with Gasteiger partial charge in [-0.2, -0.15) is 0 Å². The molecule has 1 amide bonds. The Morgan fingerprint density at radius 2 is 1.83 bits per heavy atom. The van der Waals surface area contributed by atoms with Gasteiger partial charge in [0.2, 0.25) is 15.9 Å². The summed E-state index contributed by atoms with van der Waals surface area (Å²) in [5.41, 5.74) is 3.42. The molecule has 0 atom stereocenters.